The Bertz CT molecular complexity index is 682. The molecule has 0 saturated carbocycles. The predicted molar refractivity (Wildman–Crippen MR) is 168 cm³/mol. The summed E-state index contributed by atoms with van der Waals surface area (Å²) in [4.78, 5) is 48.8. The van der Waals surface area contributed by atoms with E-state index in [2.05, 4.69) is 20.8 Å². The molecule has 0 aromatic rings. The molecule has 1 atom stereocenters. The van der Waals surface area contributed by atoms with Gasteiger partial charge in [-0.3, -0.25) is 0 Å². The number of unbranched alkanes of at least 4 members (excludes halogenated alkanes) is 15. The average Bonchev–Trinajstić information content (AvgIpc) is 2.89. The van der Waals surface area contributed by atoms with E-state index in [1.54, 1.807) is 0 Å². The molecule has 0 aliphatic carbocycles. The standard InChI is InChI=1S/C32H61O8P/c1-5-8-11-14-17-20-23-41(24-21-18-15-12-9-6-2,25-22-19-16-13-10-7-3)40-30(36)27-32(31(37)38,26-29(34)35)39-28(4)33/h41H,5-27H2,1-4H3,(H,34,35)(H,37,38). The van der Waals surface area contributed by atoms with Crippen molar-refractivity contribution < 1.29 is 38.7 Å². The van der Waals surface area contributed by atoms with Gasteiger partial charge in [0, 0.05) is 0 Å². The molecule has 0 heterocycles. The first-order valence-corrected chi connectivity index (χ1v) is 19.0. The minimum absolute atomic E-state index is 0.760. The molecule has 1 unspecified atom stereocenters. The molecular weight excluding hydrogens is 543 g/mol. The molecule has 0 fully saturated rings. The van der Waals surface area contributed by atoms with E-state index in [4.69, 9.17) is 9.26 Å². The van der Waals surface area contributed by atoms with Crippen molar-refractivity contribution in [3.05, 3.63) is 0 Å². The van der Waals surface area contributed by atoms with Crippen LogP contribution >= 0.6 is 7.49 Å². The number of hydrogen-bond acceptors (Lipinski definition) is 6. The van der Waals surface area contributed by atoms with E-state index >= 15 is 0 Å². The van der Waals surface area contributed by atoms with Gasteiger partial charge in [0.15, 0.2) is 0 Å². The van der Waals surface area contributed by atoms with Crippen molar-refractivity contribution in [2.75, 3.05) is 18.5 Å². The number of carbonyl (C=O) groups excluding carboxylic acids is 2. The average molecular weight is 605 g/mol. The second-order valence-electron chi connectivity index (χ2n) is 11.9. The fourth-order valence-corrected chi connectivity index (χ4v) is 9.86. The van der Waals surface area contributed by atoms with Gasteiger partial charge in [0.05, 0.1) is 0 Å². The van der Waals surface area contributed by atoms with Gasteiger partial charge in [0.1, 0.15) is 0 Å². The number of rotatable bonds is 28. The summed E-state index contributed by atoms with van der Waals surface area (Å²) in [5.41, 5.74) is -2.48. The van der Waals surface area contributed by atoms with Crippen molar-refractivity contribution in [1.29, 1.82) is 0 Å². The maximum atomic E-state index is 13.4. The van der Waals surface area contributed by atoms with Crippen molar-refractivity contribution in [2.24, 2.45) is 0 Å². The summed E-state index contributed by atoms with van der Waals surface area (Å²) < 4.78 is 11.3. The van der Waals surface area contributed by atoms with Gasteiger partial charge in [0.2, 0.25) is 0 Å². The van der Waals surface area contributed by atoms with Crippen LogP contribution in [0.5, 0.6) is 0 Å². The molecule has 0 saturated heterocycles. The van der Waals surface area contributed by atoms with Crippen LogP contribution in [0.25, 0.3) is 0 Å². The Morgan fingerprint density at radius 3 is 1.27 bits per heavy atom. The van der Waals surface area contributed by atoms with Crippen LogP contribution in [0.3, 0.4) is 0 Å². The Balaban J connectivity index is 5.85. The summed E-state index contributed by atoms with van der Waals surface area (Å²) >= 11 is 0. The van der Waals surface area contributed by atoms with Gasteiger partial charge in [-0.1, -0.05) is 0 Å². The molecule has 0 spiro atoms. The number of ether oxygens (including phenoxy) is 1. The monoisotopic (exact) mass is 604 g/mol. The van der Waals surface area contributed by atoms with Crippen LogP contribution in [-0.2, 0) is 28.4 Å². The van der Waals surface area contributed by atoms with Crippen LogP contribution in [0.2, 0.25) is 0 Å². The Morgan fingerprint density at radius 1 is 0.585 bits per heavy atom. The molecule has 0 rings (SSSR count). The zero-order chi connectivity index (χ0) is 31.0. The molecule has 0 radical (unpaired) electrons. The second-order valence-corrected chi connectivity index (χ2v) is 15.9. The normalized spacial score (nSPS) is 13.4. The van der Waals surface area contributed by atoms with E-state index in [0.717, 1.165) is 83.2 Å². The molecule has 41 heavy (non-hydrogen) atoms. The van der Waals surface area contributed by atoms with Gasteiger partial charge in [-0.05, 0) is 0 Å². The Morgan fingerprint density at radius 2 is 0.951 bits per heavy atom. The number of carboxylic acids is 2. The molecule has 0 aliphatic heterocycles. The van der Waals surface area contributed by atoms with Crippen molar-refractivity contribution >= 4 is 31.4 Å². The first-order valence-electron chi connectivity index (χ1n) is 16.4. The fraction of sp³-hybridized carbons (Fsp3) is 0.875. The Labute approximate surface area is 250 Å². The molecule has 0 aliphatic rings. The molecule has 9 heteroatoms. The molecule has 0 aromatic carbocycles. The number of carboxylic acid groups (broad SMARTS) is 2. The third-order valence-electron chi connectivity index (χ3n) is 7.88. The van der Waals surface area contributed by atoms with Crippen molar-refractivity contribution in [1.82, 2.24) is 0 Å². The van der Waals surface area contributed by atoms with Crippen LogP contribution in [0, 0.1) is 0 Å². The third-order valence-corrected chi connectivity index (χ3v) is 12.3. The zero-order valence-corrected chi connectivity index (χ0v) is 27.6. The van der Waals surface area contributed by atoms with E-state index in [1.165, 1.54) is 57.8 Å². The van der Waals surface area contributed by atoms with Gasteiger partial charge >= 0.3 is 250 Å². The van der Waals surface area contributed by atoms with E-state index in [-0.39, 0.29) is 0 Å². The van der Waals surface area contributed by atoms with Gasteiger partial charge in [-0.2, -0.15) is 0 Å². The van der Waals surface area contributed by atoms with E-state index in [0.29, 0.717) is 0 Å². The van der Waals surface area contributed by atoms with E-state index in [1.807, 2.05) is 0 Å². The number of aliphatic carboxylic acids is 2. The first kappa shape index (κ1) is 39.3. The minimum atomic E-state index is -2.61. The van der Waals surface area contributed by atoms with Crippen LogP contribution in [0.1, 0.15) is 156 Å². The van der Waals surface area contributed by atoms with E-state index < -0.39 is 49.8 Å². The van der Waals surface area contributed by atoms with Gasteiger partial charge in [-0.15, -0.1) is 0 Å². The summed E-state index contributed by atoms with van der Waals surface area (Å²) in [6.07, 6.45) is 21.0. The van der Waals surface area contributed by atoms with Gasteiger partial charge < -0.3 is 0 Å². The summed E-state index contributed by atoms with van der Waals surface area (Å²) in [5.74, 6) is -4.82. The van der Waals surface area contributed by atoms with Crippen LogP contribution < -0.4 is 0 Å². The molecule has 0 aromatic heterocycles. The van der Waals surface area contributed by atoms with Gasteiger partial charge in [0.25, 0.3) is 0 Å². The quantitative estimate of drug-likeness (QED) is 0.0517. The molecular formula is C32H61O8P. The number of esters is 1. The number of hydrogen-bond donors (Lipinski definition) is 2. The van der Waals surface area contributed by atoms with Crippen LogP contribution in [0.4, 0.5) is 0 Å². The summed E-state index contributed by atoms with van der Waals surface area (Å²) in [6, 6.07) is 0. The second kappa shape index (κ2) is 23.8. The molecule has 2 N–H and O–H groups in total. The fourth-order valence-electron chi connectivity index (χ4n) is 5.57. The number of carbonyl (C=O) groups is 4. The van der Waals surface area contributed by atoms with Crippen molar-refractivity contribution in [2.45, 2.75) is 162 Å². The predicted octanol–water partition coefficient (Wildman–Crippen LogP) is 8.53. The Kier molecular flexibility index (Phi) is 22.8. The summed E-state index contributed by atoms with van der Waals surface area (Å²) in [6.45, 7) is 7.58. The molecule has 0 amide bonds. The zero-order valence-electron chi connectivity index (χ0n) is 26.6. The third kappa shape index (κ3) is 19.2. The molecule has 242 valence electrons. The maximum absolute atomic E-state index is 13.4. The first-order chi connectivity index (χ1) is 19.6. The van der Waals surface area contributed by atoms with Crippen LogP contribution in [-0.4, -0.2) is 58.2 Å². The molecule has 8 nitrogen and oxygen atoms in total. The SMILES string of the molecule is CCCCCCCC[PH](CCCCCCCC)(CCCCCCCC)OC(=O)CC(CC(=O)O)(OC(C)=O)C(=O)O. The topological polar surface area (TPSA) is 127 Å². The Hall–Kier alpha value is -1.69. The van der Waals surface area contributed by atoms with Crippen molar-refractivity contribution in [3.63, 3.8) is 0 Å². The summed E-state index contributed by atoms with van der Waals surface area (Å²) in [7, 11) is -2.61. The van der Waals surface area contributed by atoms with Gasteiger partial charge in [-0.25, -0.2) is 0 Å². The molecule has 0 bridgehead atoms. The van der Waals surface area contributed by atoms with Crippen molar-refractivity contribution in [3.8, 4) is 0 Å². The van der Waals surface area contributed by atoms with Crippen LogP contribution in [0.15, 0.2) is 0 Å². The van der Waals surface area contributed by atoms with E-state index in [9.17, 15) is 29.4 Å². The summed E-state index contributed by atoms with van der Waals surface area (Å²) in [5, 5.41) is 19.2.